The summed E-state index contributed by atoms with van der Waals surface area (Å²) in [6, 6.07) is 2.83. The molecule has 0 saturated heterocycles. The molecule has 0 bridgehead atoms. The molecule has 0 atom stereocenters. The summed E-state index contributed by atoms with van der Waals surface area (Å²) in [5.41, 5.74) is 5.21. The van der Waals surface area contributed by atoms with E-state index in [9.17, 15) is 9.18 Å². The Morgan fingerprint density at radius 3 is 2.93 bits per heavy atom. The number of benzene rings is 1. The average Bonchev–Trinajstić information content (AvgIpc) is 2.48. The summed E-state index contributed by atoms with van der Waals surface area (Å²) in [5.74, 6) is -1.07. The van der Waals surface area contributed by atoms with Crippen molar-refractivity contribution in [1.82, 2.24) is 4.37 Å². The number of carbonyl (C=O) groups excluding carboxylic acids is 1. The van der Waals surface area contributed by atoms with E-state index in [0.29, 0.717) is 9.86 Å². The largest absolute Gasteiger partial charge is 0.364 e. The molecule has 14 heavy (non-hydrogen) atoms. The number of hydrogen-bond acceptors (Lipinski definition) is 3. The van der Waals surface area contributed by atoms with Gasteiger partial charge < -0.3 is 5.73 Å². The standard InChI is InChI=1S/C8H4BrFN2OS/c9-4-2-6-3(1-5(4)10)7(8(11)13)12-14-6/h1-2H,(H2,11,13). The summed E-state index contributed by atoms with van der Waals surface area (Å²) in [7, 11) is 0. The Morgan fingerprint density at radius 1 is 1.57 bits per heavy atom. The zero-order valence-electron chi connectivity index (χ0n) is 6.75. The smallest absolute Gasteiger partial charge is 0.269 e. The second-order valence-electron chi connectivity index (χ2n) is 2.66. The van der Waals surface area contributed by atoms with Gasteiger partial charge in [0.15, 0.2) is 0 Å². The molecular weight excluding hydrogens is 271 g/mol. The predicted octanol–water partition coefficient (Wildman–Crippen LogP) is 2.30. The van der Waals surface area contributed by atoms with Crippen LogP contribution in [0.15, 0.2) is 16.6 Å². The highest BCUT2D eigenvalue weighted by atomic mass is 79.9. The molecule has 2 N–H and O–H groups in total. The van der Waals surface area contributed by atoms with Gasteiger partial charge in [-0.05, 0) is 39.6 Å². The number of aromatic nitrogens is 1. The lowest BCUT2D eigenvalue weighted by Gasteiger charge is -1.94. The first-order chi connectivity index (χ1) is 6.59. The third-order valence-electron chi connectivity index (χ3n) is 1.75. The maximum atomic E-state index is 13.1. The molecule has 0 aliphatic heterocycles. The lowest BCUT2D eigenvalue weighted by atomic mass is 10.2. The van der Waals surface area contributed by atoms with E-state index in [2.05, 4.69) is 20.3 Å². The third-order valence-corrected chi connectivity index (χ3v) is 3.16. The van der Waals surface area contributed by atoms with Crippen LogP contribution in [0.4, 0.5) is 4.39 Å². The lowest BCUT2D eigenvalue weighted by Crippen LogP contribution is -2.11. The SMILES string of the molecule is NC(=O)c1nsc2cc(Br)c(F)cc12. The average molecular weight is 275 g/mol. The van der Waals surface area contributed by atoms with Crippen LogP contribution in [-0.2, 0) is 0 Å². The van der Waals surface area contributed by atoms with Crippen LogP contribution in [0.25, 0.3) is 10.1 Å². The van der Waals surface area contributed by atoms with Crippen LogP contribution in [0.1, 0.15) is 10.5 Å². The van der Waals surface area contributed by atoms with Crippen LogP contribution in [0.2, 0.25) is 0 Å². The fourth-order valence-corrected chi connectivity index (χ4v) is 2.41. The molecule has 2 rings (SSSR count). The highest BCUT2D eigenvalue weighted by Gasteiger charge is 2.13. The van der Waals surface area contributed by atoms with Crippen LogP contribution in [0, 0.1) is 5.82 Å². The first-order valence-electron chi connectivity index (χ1n) is 3.64. The van der Waals surface area contributed by atoms with Gasteiger partial charge in [0.1, 0.15) is 11.5 Å². The van der Waals surface area contributed by atoms with Gasteiger partial charge in [-0.1, -0.05) is 0 Å². The highest BCUT2D eigenvalue weighted by Crippen LogP contribution is 2.28. The number of primary amides is 1. The van der Waals surface area contributed by atoms with Gasteiger partial charge in [-0.15, -0.1) is 0 Å². The van der Waals surface area contributed by atoms with Crippen LogP contribution < -0.4 is 5.73 Å². The molecule has 0 aliphatic carbocycles. The van der Waals surface area contributed by atoms with Crippen molar-refractivity contribution in [2.75, 3.05) is 0 Å². The van der Waals surface area contributed by atoms with E-state index < -0.39 is 11.7 Å². The Hall–Kier alpha value is -1.01. The monoisotopic (exact) mass is 274 g/mol. The summed E-state index contributed by atoms with van der Waals surface area (Å²) >= 11 is 4.17. The van der Waals surface area contributed by atoms with Gasteiger partial charge in [0.25, 0.3) is 5.91 Å². The zero-order valence-corrected chi connectivity index (χ0v) is 9.15. The molecule has 0 unspecified atom stereocenters. The Labute approximate surface area is 91.0 Å². The topological polar surface area (TPSA) is 56.0 Å². The Kier molecular flexibility index (Phi) is 2.24. The van der Waals surface area contributed by atoms with Gasteiger partial charge in [0, 0.05) is 5.39 Å². The van der Waals surface area contributed by atoms with Crippen LogP contribution in [-0.4, -0.2) is 10.3 Å². The van der Waals surface area contributed by atoms with Gasteiger partial charge in [-0.3, -0.25) is 4.79 Å². The van der Waals surface area contributed by atoms with E-state index in [4.69, 9.17) is 5.73 Å². The number of fused-ring (bicyclic) bond motifs is 1. The predicted molar refractivity (Wildman–Crippen MR) is 55.8 cm³/mol. The van der Waals surface area contributed by atoms with Crippen LogP contribution in [0.3, 0.4) is 0 Å². The quantitative estimate of drug-likeness (QED) is 0.868. The van der Waals surface area contributed by atoms with E-state index in [0.717, 1.165) is 16.2 Å². The molecule has 0 radical (unpaired) electrons. The maximum Gasteiger partial charge on any atom is 0.269 e. The second kappa shape index (κ2) is 3.29. The Balaban J connectivity index is 2.80. The first kappa shape index (κ1) is 9.54. The van der Waals surface area contributed by atoms with Gasteiger partial charge >= 0.3 is 0 Å². The molecule has 72 valence electrons. The fraction of sp³-hybridized carbons (Fsp3) is 0. The molecule has 3 nitrogen and oxygen atoms in total. The molecule has 0 saturated carbocycles. The van der Waals surface area contributed by atoms with E-state index >= 15 is 0 Å². The molecule has 1 aromatic carbocycles. The van der Waals surface area contributed by atoms with E-state index in [1.807, 2.05) is 0 Å². The number of carbonyl (C=O) groups is 1. The van der Waals surface area contributed by atoms with Gasteiger partial charge in [0.2, 0.25) is 0 Å². The van der Waals surface area contributed by atoms with Crippen molar-refractivity contribution in [1.29, 1.82) is 0 Å². The number of nitrogens with two attached hydrogens (primary N) is 1. The number of nitrogens with zero attached hydrogens (tertiary/aromatic N) is 1. The molecule has 1 aromatic heterocycles. The van der Waals surface area contributed by atoms with Crippen molar-refractivity contribution >= 4 is 43.5 Å². The van der Waals surface area contributed by atoms with Crippen molar-refractivity contribution in [3.8, 4) is 0 Å². The number of halogens is 2. The van der Waals surface area contributed by atoms with Crippen molar-refractivity contribution < 1.29 is 9.18 Å². The minimum atomic E-state index is -0.641. The Bertz CT molecular complexity index is 525. The van der Waals surface area contributed by atoms with Crippen LogP contribution in [0.5, 0.6) is 0 Å². The number of amides is 1. The normalized spacial score (nSPS) is 10.7. The molecule has 0 aliphatic rings. The molecule has 1 amide bonds. The first-order valence-corrected chi connectivity index (χ1v) is 5.20. The summed E-state index contributed by atoms with van der Waals surface area (Å²) in [6.45, 7) is 0. The zero-order chi connectivity index (χ0) is 10.3. The van der Waals surface area contributed by atoms with E-state index in [1.165, 1.54) is 6.07 Å². The number of hydrogen-bond donors (Lipinski definition) is 1. The lowest BCUT2D eigenvalue weighted by molar-refractivity contribution is 0.0998. The van der Waals surface area contributed by atoms with Crippen molar-refractivity contribution in [2.24, 2.45) is 5.73 Å². The summed E-state index contributed by atoms with van der Waals surface area (Å²) in [5, 5.41) is 0.461. The molecule has 0 spiro atoms. The second-order valence-corrected chi connectivity index (χ2v) is 4.32. The van der Waals surface area contributed by atoms with Crippen molar-refractivity contribution in [3.05, 3.63) is 28.1 Å². The minimum Gasteiger partial charge on any atom is -0.364 e. The molecular formula is C8H4BrFN2OS. The maximum absolute atomic E-state index is 13.1. The number of rotatable bonds is 1. The fourth-order valence-electron chi connectivity index (χ4n) is 1.11. The molecule has 1 heterocycles. The summed E-state index contributed by atoms with van der Waals surface area (Å²) in [4.78, 5) is 10.9. The van der Waals surface area contributed by atoms with Crippen molar-refractivity contribution in [2.45, 2.75) is 0 Å². The minimum absolute atomic E-state index is 0.122. The highest BCUT2D eigenvalue weighted by molar-refractivity contribution is 9.10. The van der Waals surface area contributed by atoms with Crippen molar-refractivity contribution in [3.63, 3.8) is 0 Å². The van der Waals surface area contributed by atoms with Crippen LogP contribution >= 0.6 is 27.5 Å². The summed E-state index contributed by atoms with van der Waals surface area (Å²) in [6.07, 6.45) is 0. The van der Waals surface area contributed by atoms with Gasteiger partial charge in [-0.2, -0.15) is 4.37 Å². The van der Waals surface area contributed by atoms with Gasteiger partial charge in [-0.25, -0.2) is 4.39 Å². The third kappa shape index (κ3) is 1.40. The molecule has 6 heteroatoms. The molecule has 0 fully saturated rings. The van der Waals surface area contributed by atoms with E-state index in [1.54, 1.807) is 6.07 Å². The van der Waals surface area contributed by atoms with E-state index in [-0.39, 0.29) is 5.69 Å². The Morgan fingerprint density at radius 2 is 2.29 bits per heavy atom. The van der Waals surface area contributed by atoms with Gasteiger partial charge in [0.05, 0.1) is 9.17 Å². The molecule has 2 aromatic rings. The summed E-state index contributed by atoms with van der Waals surface area (Å²) < 4.78 is 18.1.